The van der Waals surface area contributed by atoms with Crippen molar-refractivity contribution >= 4 is 30.7 Å². The van der Waals surface area contributed by atoms with Crippen molar-refractivity contribution in [2.24, 2.45) is 0 Å². The molecule has 1 N–H and O–H groups in total. The lowest BCUT2D eigenvalue weighted by molar-refractivity contribution is -0.143. The molecule has 46 heavy (non-hydrogen) atoms. The summed E-state index contributed by atoms with van der Waals surface area (Å²) in [6, 6.07) is 5.35. The predicted molar refractivity (Wildman–Crippen MR) is 165 cm³/mol. The molecular weight excluding hydrogens is 663 g/mol. The number of ether oxygens (including phenoxy) is 2. The lowest BCUT2D eigenvalue weighted by Crippen LogP contribution is -2.56. The van der Waals surface area contributed by atoms with Crippen molar-refractivity contribution in [1.82, 2.24) is 14.7 Å². The van der Waals surface area contributed by atoms with Crippen LogP contribution in [-0.4, -0.2) is 104 Å². The van der Waals surface area contributed by atoms with Crippen molar-refractivity contribution in [3.63, 3.8) is 0 Å². The van der Waals surface area contributed by atoms with Crippen LogP contribution in [0.15, 0.2) is 36.4 Å². The number of alkyl halides is 6. The van der Waals surface area contributed by atoms with Gasteiger partial charge in [0.05, 0.1) is 43.5 Å². The number of phenols is 1. The van der Waals surface area contributed by atoms with Crippen LogP contribution in [-0.2, 0) is 28.2 Å². The van der Waals surface area contributed by atoms with Gasteiger partial charge in [0.1, 0.15) is 5.75 Å². The number of hydrogen-bond acceptors (Lipinski definition) is 6. The molecule has 2 atom stereocenters. The highest BCUT2D eigenvalue weighted by Gasteiger charge is 2.39. The lowest BCUT2D eigenvalue weighted by atomic mass is 9.98. The van der Waals surface area contributed by atoms with Crippen LogP contribution in [0.3, 0.4) is 0 Å². The van der Waals surface area contributed by atoms with E-state index in [0.29, 0.717) is 62.7 Å². The fraction of sp³-hybridized carbons (Fsp3) is 0.516. The van der Waals surface area contributed by atoms with Crippen molar-refractivity contribution in [1.29, 1.82) is 0 Å². The maximum Gasteiger partial charge on any atom is 0.416 e. The molecule has 2 saturated heterocycles. The number of morpholine rings is 1. The molecule has 2 aromatic rings. The van der Waals surface area contributed by atoms with Crippen LogP contribution in [0.25, 0.3) is 0 Å². The second kappa shape index (κ2) is 16.9. The molecule has 0 unspecified atom stereocenters. The second-order valence-corrected chi connectivity index (χ2v) is 11.0. The fourth-order valence-electron chi connectivity index (χ4n) is 5.35. The van der Waals surface area contributed by atoms with Gasteiger partial charge < -0.3 is 19.5 Å². The number of carbonyl (C=O) groups excluding carboxylic acids is 1. The largest absolute Gasteiger partial charge is 0.508 e. The van der Waals surface area contributed by atoms with E-state index in [1.165, 1.54) is 4.90 Å². The van der Waals surface area contributed by atoms with Gasteiger partial charge in [-0.3, -0.25) is 14.6 Å². The second-order valence-electron chi connectivity index (χ2n) is 11.0. The molecule has 0 saturated carbocycles. The molecule has 2 fully saturated rings. The zero-order chi connectivity index (χ0) is 32.1. The average molecular weight is 701 g/mol. The third-order valence-corrected chi connectivity index (χ3v) is 7.71. The molecule has 15 heteroatoms. The smallest absolute Gasteiger partial charge is 0.416 e. The molecule has 7 nitrogen and oxygen atoms in total. The van der Waals surface area contributed by atoms with Gasteiger partial charge >= 0.3 is 12.4 Å². The molecule has 0 spiro atoms. The van der Waals surface area contributed by atoms with E-state index in [9.17, 15) is 36.2 Å². The standard InChI is InChI=1S/C31H35F6N3O4.2ClH/c1-21-5-6-22(14-28(21)41)13-26-18-38(7-3-4-8-39-11-12-44-27(19-39)20-43-2)9-10-40(26)29(42)23-15-24(30(32,33)34)17-25(16-23)31(35,36)37;;/h5-6,14-17,26-27,41H,7-13,18-20H2,1-2H3;2*1H/t26-,27+;;/m1../s1. The van der Waals surface area contributed by atoms with Gasteiger partial charge in [0.2, 0.25) is 0 Å². The van der Waals surface area contributed by atoms with E-state index in [4.69, 9.17) is 9.47 Å². The third kappa shape index (κ3) is 10.7. The van der Waals surface area contributed by atoms with E-state index in [2.05, 4.69) is 16.7 Å². The van der Waals surface area contributed by atoms with Crippen molar-refractivity contribution < 1.29 is 45.7 Å². The van der Waals surface area contributed by atoms with E-state index in [-0.39, 0.29) is 62.2 Å². The summed E-state index contributed by atoms with van der Waals surface area (Å²) in [5.41, 5.74) is -2.47. The first-order valence-corrected chi connectivity index (χ1v) is 14.1. The number of benzene rings is 2. The number of piperazine rings is 1. The van der Waals surface area contributed by atoms with Crippen LogP contribution in [0, 0.1) is 18.8 Å². The van der Waals surface area contributed by atoms with Crippen LogP contribution >= 0.6 is 24.8 Å². The van der Waals surface area contributed by atoms with Gasteiger partial charge in [-0.05, 0) is 48.7 Å². The topological polar surface area (TPSA) is 65.5 Å². The van der Waals surface area contributed by atoms with E-state index in [1.807, 2.05) is 4.90 Å². The summed E-state index contributed by atoms with van der Waals surface area (Å²) in [4.78, 5) is 19.0. The molecule has 0 radical (unpaired) electrons. The Kier molecular flexibility index (Phi) is 14.5. The third-order valence-electron chi connectivity index (χ3n) is 7.71. The minimum absolute atomic E-state index is 0. The zero-order valence-electron chi connectivity index (χ0n) is 25.3. The molecule has 0 aromatic heterocycles. The number of carbonyl (C=O) groups is 1. The summed E-state index contributed by atoms with van der Waals surface area (Å²) < 4.78 is 91.8. The minimum Gasteiger partial charge on any atom is -0.508 e. The number of phenolic OH excluding ortho intramolecular Hbond substituents is 1. The Morgan fingerprint density at radius 2 is 1.54 bits per heavy atom. The molecule has 1 amide bonds. The number of halogens is 8. The molecular formula is C31H37Cl2F6N3O4. The van der Waals surface area contributed by atoms with Gasteiger partial charge in [0.25, 0.3) is 5.91 Å². The van der Waals surface area contributed by atoms with Gasteiger partial charge in [0.15, 0.2) is 0 Å². The molecule has 0 aliphatic carbocycles. The molecule has 256 valence electrons. The van der Waals surface area contributed by atoms with Crippen LogP contribution in [0.1, 0.15) is 32.6 Å². The summed E-state index contributed by atoms with van der Waals surface area (Å²) in [6.45, 7) is 5.81. The Balaban J connectivity index is 0.00000368. The Hall–Kier alpha value is -2.73. The lowest BCUT2D eigenvalue weighted by Gasteiger charge is -2.41. The molecule has 2 aromatic carbocycles. The van der Waals surface area contributed by atoms with Crippen LogP contribution in [0.5, 0.6) is 5.75 Å². The van der Waals surface area contributed by atoms with Crippen LogP contribution < -0.4 is 0 Å². The van der Waals surface area contributed by atoms with Crippen LogP contribution in [0.2, 0.25) is 0 Å². The Morgan fingerprint density at radius 3 is 2.11 bits per heavy atom. The van der Waals surface area contributed by atoms with Crippen molar-refractivity contribution in [3.05, 3.63) is 64.2 Å². The number of nitrogens with zero attached hydrogens (tertiary/aromatic N) is 3. The predicted octanol–water partition coefficient (Wildman–Crippen LogP) is 5.30. The quantitative estimate of drug-likeness (QED) is 0.313. The maximum atomic E-state index is 13.6. The number of aromatic hydroxyl groups is 1. The molecule has 2 aliphatic rings. The Bertz CT molecular complexity index is 1350. The summed E-state index contributed by atoms with van der Waals surface area (Å²) in [5, 5.41) is 10.2. The van der Waals surface area contributed by atoms with Crippen LogP contribution in [0.4, 0.5) is 26.3 Å². The SMILES string of the molecule is COC[C@@H]1CN(CC#CCN2CCN(C(=O)c3cc(C(F)(F)F)cc(C(F)(F)F)c3)[C@H](Cc3ccc(C)c(O)c3)C2)CCO1.Cl.Cl. The first kappa shape index (κ1) is 39.4. The van der Waals surface area contributed by atoms with Gasteiger partial charge in [0, 0.05) is 51.4 Å². The summed E-state index contributed by atoms with van der Waals surface area (Å²) in [5.74, 6) is 5.42. The van der Waals surface area contributed by atoms with Gasteiger partial charge in [-0.1, -0.05) is 24.0 Å². The van der Waals surface area contributed by atoms with E-state index in [1.54, 1.807) is 32.2 Å². The number of aryl methyl sites for hydroxylation is 1. The average Bonchev–Trinajstić information content (AvgIpc) is 2.96. The molecule has 4 rings (SSSR count). The molecule has 0 bridgehead atoms. The summed E-state index contributed by atoms with van der Waals surface area (Å²) in [6.07, 6.45) is -9.94. The monoisotopic (exact) mass is 699 g/mol. The molecule has 2 aliphatic heterocycles. The number of hydrogen-bond donors (Lipinski definition) is 1. The minimum atomic E-state index is -5.07. The van der Waals surface area contributed by atoms with Crippen molar-refractivity contribution in [2.45, 2.75) is 37.8 Å². The number of amides is 1. The normalized spacial score (nSPS) is 19.4. The van der Waals surface area contributed by atoms with Gasteiger partial charge in [-0.2, -0.15) is 26.3 Å². The highest BCUT2D eigenvalue weighted by molar-refractivity contribution is 5.95. The maximum absolute atomic E-state index is 13.6. The van der Waals surface area contributed by atoms with Crippen molar-refractivity contribution in [2.75, 3.05) is 66.1 Å². The number of methoxy groups -OCH3 is 1. The fourth-order valence-corrected chi connectivity index (χ4v) is 5.35. The van der Waals surface area contributed by atoms with Crippen molar-refractivity contribution in [3.8, 4) is 17.6 Å². The Labute approximate surface area is 276 Å². The van der Waals surface area contributed by atoms with E-state index in [0.717, 1.165) is 6.54 Å². The summed E-state index contributed by atoms with van der Waals surface area (Å²) >= 11 is 0. The summed E-state index contributed by atoms with van der Waals surface area (Å²) in [7, 11) is 1.61. The van der Waals surface area contributed by atoms with E-state index < -0.39 is 41.0 Å². The number of rotatable bonds is 7. The molecule has 2 heterocycles. The van der Waals surface area contributed by atoms with Gasteiger partial charge in [-0.25, -0.2) is 0 Å². The Morgan fingerprint density at radius 1 is 0.935 bits per heavy atom. The highest BCUT2D eigenvalue weighted by atomic mass is 35.5. The first-order chi connectivity index (χ1) is 20.7. The zero-order valence-corrected chi connectivity index (χ0v) is 26.9. The highest BCUT2D eigenvalue weighted by Crippen LogP contribution is 2.37. The van der Waals surface area contributed by atoms with Gasteiger partial charge in [-0.15, -0.1) is 24.8 Å². The van der Waals surface area contributed by atoms with E-state index >= 15 is 0 Å². The first-order valence-electron chi connectivity index (χ1n) is 14.1.